The molecule has 0 unspecified atom stereocenters. The number of anilines is 2. The first kappa shape index (κ1) is 27.5. The zero-order valence-corrected chi connectivity index (χ0v) is 22.9. The van der Waals surface area contributed by atoms with E-state index in [0.29, 0.717) is 54.4 Å². The van der Waals surface area contributed by atoms with E-state index in [-0.39, 0.29) is 16.5 Å². The van der Waals surface area contributed by atoms with Gasteiger partial charge in [0.1, 0.15) is 5.69 Å². The van der Waals surface area contributed by atoms with E-state index in [9.17, 15) is 14.9 Å². The van der Waals surface area contributed by atoms with Crippen LogP contribution in [0.2, 0.25) is 10.0 Å². The van der Waals surface area contributed by atoms with Crippen LogP contribution in [0.25, 0.3) is 6.08 Å². The van der Waals surface area contributed by atoms with Crippen LogP contribution in [0.1, 0.15) is 36.5 Å². The lowest BCUT2D eigenvalue weighted by molar-refractivity contribution is -0.384. The number of halogens is 2. The quantitative estimate of drug-likeness (QED) is 0.185. The number of carbonyl (C=O) groups excluding carboxylic acids is 1. The van der Waals surface area contributed by atoms with E-state index >= 15 is 0 Å². The molecule has 1 heterocycles. The summed E-state index contributed by atoms with van der Waals surface area (Å²) in [5.74, 6) is 0.355. The lowest BCUT2D eigenvalue weighted by atomic mass is 10.0. The fourth-order valence-corrected chi connectivity index (χ4v) is 4.80. The van der Waals surface area contributed by atoms with E-state index in [1.165, 1.54) is 17.7 Å². The predicted molar refractivity (Wildman–Crippen MR) is 155 cm³/mol. The second-order valence-electron chi connectivity index (χ2n) is 9.52. The van der Waals surface area contributed by atoms with E-state index < -0.39 is 0 Å². The first-order valence-electron chi connectivity index (χ1n) is 12.5. The van der Waals surface area contributed by atoms with Crippen molar-refractivity contribution < 1.29 is 9.72 Å². The third-order valence-electron chi connectivity index (χ3n) is 6.63. The second kappa shape index (κ2) is 12.3. The fraction of sp³-hybridized carbons (Fsp3) is 0.276. The molecule has 0 saturated carbocycles. The lowest BCUT2D eigenvalue weighted by Gasteiger charge is -2.35. The normalized spacial score (nSPS) is 13.8. The summed E-state index contributed by atoms with van der Waals surface area (Å²) < 4.78 is 0. The van der Waals surface area contributed by atoms with Crippen LogP contribution in [0.15, 0.2) is 66.7 Å². The summed E-state index contributed by atoms with van der Waals surface area (Å²) >= 11 is 12.1. The number of benzene rings is 3. The SMILES string of the molecule is CC(C)c1ccc(CNc2cc(N3CCN(C(=O)/C=C/c4ccc(Cl)cc4Cl)CC3)ccc2[N+](=O)[O-])cc1. The number of nitrogens with one attached hydrogen (secondary N) is 1. The topological polar surface area (TPSA) is 78.7 Å². The maximum atomic E-state index is 12.7. The highest BCUT2D eigenvalue weighted by Crippen LogP contribution is 2.31. The molecule has 4 rings (SSSR count). The Balaban J connectivity index is 1.39. The van der Waals surface area contributed by atoms with Gasteiger partial charge in [0.05, 0.1) is 4.92 Å². The van der Waals surface area contributed by atoms with Crippen molar-refractivity contribution in [2.75, 3.05) is 36.4 Å². The third kappa shape index (κ3) is 6.85. The number of nitro benzene ring substituents is 1. The Morgan fingerprint density at radius 3 is 2.37 bits per heavy atom. The molecule has 1 fully saturated rings. The average molecular weight is 553 g/mol. The molecule has 1 N–H and O–H groups in total. The molecule has 0 aliphatic carbocycles. The monoisotopic (exact) mass is 552 g/mol. The molecule has 1 saturated heterocycles. The lowest BCUT2D eigenvalue weighted by Crippen LogP contribution is -2.48. The summed E-state index contributed by atoms with van der Waals surface area (Å²) in [7, 11) is 0. The Hall–Kier alpha value is -3.55. The summed E-state index contributed by atoms with van der Waals surface area (Å²) in [6.45, 7) is 7.09. The van der Waals surface area contributed by atoms with Crippen LogP contribution in [0.4, 0.5) is 17.1 Å². The average Bonchev–Trinajstić information content (AvgIpc) is 2.91. The summed E-state index contributed by atoms with van der Waals surface area (Å²) in [5.41, 5.74) is 4.42. The van der Waals surface area contributed by atoms with Crippen molar-refractivity contribution >= 4 is 52.2 Å². The smallest absolute Gasteiger partial charge is 0.292 e. The predicted octanol–water partition coefficient (Wildman–Crippen LogP) is 7.00. The molecule has 198 valence electrons. The number of nitrogens with zero attached hydrogens (tertiary/aromatic N) is 3. The first-order valence-corrected chi connectivity index (χ1v) is 13.2. The van der Waals surface area contributed by atoms with E-state index in [0.717, 1.165) is 16.8 Å². The molecule has 0 spiro atoms. The maximum absolute atomic E-state index is 12.7. The van der Waals surface area contributed by atoms with E-state index in [1.54, 1.807) is 35.2 Å². The van der Waals surface area contributed by atoms with Gasteiger partial charge in [-0.25, -0.2) is 0 Å². The Morgan fingerprint density at radius 1 is 1.03 bits per heavy atom. The summed E-state index contributed by atoms with van der Waals surface area (Å²) in [5, 5.41) is 15.9. The molecule has 3 aromatic carbocycles. The molecule has 3 aromatic rings. The van der Waals surface area contributed by atoms with Crippen molar-refractivity contribution in [3.63, 3.8) is 0 Å². The highest BCUT2D eigenvalue weighted by molar-refractivity contribution is 6.35. The first-order chi connectivity index (χ1) is 18.2. The molecule has 0 bridgehead atoms. The van der Waals surface area contributed by atoms with E-state index in [2.05, 4.69) is 36.2 Å². The molecule has 7 nitrogen and oxygen atoms in total. The fourth-order valence-electron chi connectivity index (χ4n) is 4.33. The highest BCUT2D eigenvalue weighted by atomic mass is 35.5. The minimum absolute atomic E-state index is 0.0346. The molecule has 0 radical (unpaired) electrons. The van der Waals surface area contributed by atoms with Gasteiger partial charge < -0.3 is 15.1 Å². The zero-order chi connectivity index (χ0) is 27.2. The van der Waals surface area contributed by atoms with Gasteiger partial charge in [0.25, 0.3) is 5.69 Å². The molecule has 1 aliphatic rings. The summed E-state index contributed by atoms with van der Waals surface area (Å²) in [6, 6.07) is 18.5. The summed E-state index contributed by atoms with van der Waals surface area (Å²) in [6.07, 6.45) is 3.21. The van der Waals surface area contributed by atoms with Crippen LogP contribution in [0, 0.1) is 10.1 Å². The molecular formula is C29H30Cl2N4O3. The highest BCUT2D eigenvalue weighted by Gasteiger charge is 2.22. The Labute approximate surface area is 232 Å². The number of hydrogen-bond acceptors (Lipinski definition) is 5. The van der Waals surface area contributed by atoms with Crippen molar-refractivity contribution in [1.82, 2.24) is 4.90 Å². The standard InChI is InChI=1S/C29H30Cl2N4O3/c1-20(2)22-5-3-21(4-6-22)19-32-27-18-25(10-11-28(27)35(37)38)33-13-15-34(16-14-33)29(36)12-8-23-7-9-24(30)17-26(23)31/h3-12,17-18,20,32H,13-16,19H2,1-2H3/b12-8+. The van der Waals surface area contributed by atoms with Crippen LogP contribution in [0.3, 0.4) is 0 Å². The van der Waals surface area contributed by atoms with Gasteiger partial charge in [-0.05, 0) is 52.9 Å². The van der Waals surface area contributed by atoms with Gasteiger partial charge in [0.15, 0.2) is 0 Å². The minimum atomic E-state index is -0.371. The number of nitro groups is 1. The van der Waals surface area contributed by atoms with Crippen molar-refractivity contribution in [3.05, 3.63) is 104 Å². The van der Waals surface area contributed by atoms with E-state index in [1.807, 2.05) is 18.2 Å². The summed E-state index contributed by atoms with van der Waals surface area (Å²) in [4.78, 5) is 27.9. The zero-order valence-electron chi connectivity index (χ0n) is 21.4. The number of hydrogen-bond donors (Lipinski definition) is 1. The number of carbonyl (C=O) groups is 1. The third-order valence-corrected chi connectivity index (χ3v) is 7.19. The Bertz CT molecular complexity index is 1330. The Kier molecular flexibility index (Phi) is 8.92. The van der Waals surface area contributed by atoms with Gasteiger partial charge >= 0.3 is 0 Å². The number of rotatable bonds is 8. The van der Waals surface area contributed by atoms with Crippen molar-refractivity contribution in [1.29, 1.82) is 0 Å². The van der Waals surface area contributed by atoms with Gasteiger partial charge in [-0.15, -0.1) is 0 Å². The van der Waals surface area contributed by atoms with Crippen LogP contribution >= 0.6 is 23.2 Å². The molecule has 0 atom stereocenters. The van der Waals surface area contributed by atoms with Crippen molar-refractivity contribution in [2.24, 2.45) is 0 Å². The van der Waals surface area contributed by atoms with Gasteiger partial charge in [0.2, 0.25) is 5.91 Å². The molecule has 1 aliphatic heterocycles. The Morgan fingerprint density at radius 2 is 1.74 bits per heavy atom. The van der Waals surface area contributed by atoms with Gasteiger partial charge in [-0.1, -0.05) is 67.4 Å². The van der Waals surface area contributed by atoms with Crippen molar-refractivity contribution in [2.45, 2.75) is 26.3 Å². The largest absolute Gasteiger partial charge is 0.375 e. The molecular weight excluding hydrogens is 523 g/mol. The van der Waals surface area contributed by atoms with Gasteiger partial charge in [-0.3, -0.25) is 14.9 Å². The molecule has 9 heteroatoms. The van der Waals surface area contributed by atoms with Gasteiger partial charge in [0, 0.05) is 60.6 Å². The van der Waals surface area contributed by atoms with E-state index in [4.69, 9.17) is 23.2 Å². The molecule has 0 aromatic heterocycles. The van der Waals surface area contributed by atoms with Crippen LogP contribution in [-0.2, 0) is 11.3 Å². The van der Waals surface area contributed by atoms with Crippen molar-refractivity contribution in [3.8, 4) is 0 Å². The number of amides is 1. The van der Waals surface area contributed by atoms with Crippen LogP contribution in [0.5, 0.6) is 0 Å². The minimum Gasteiger partial charge on any atom is -0.375 e. The van der Waals surface area contributed by atoms with Crippen LogP contribution < -0.4 is 10.2 Å². The second-order valence-corrected chi connectivity index (χ2v) is 10.4. The molecule has 38 heavy (non-hydrogen) atoms. The molecule has 1 amide bonds. The maximum Gasteiger partial charge on any atom is 0.292 e. The number of piperazine rings is 1. The van der Waals surface area contributed by atoms with Crippen LogP contribution in [-0.4, -0.2) is 41.9 Å². The van der Waals surface area contributed by atoms with Gasteiger partial charge in [-0.2, -0.15) is 0 Å².